The highest BCUT2D eigenvalue weighted by molar-refractivity contribution is 7.98. The Morgan fingerprint density at radius 3 is 2.71 bits per heavy atom. The summed E-state index contributed by atoms with van der Waals surface area (Å²) in [7, 11) is 0. The summed E-state index contributed by atoms with van der Waals surface area (Å²) in [6.45, 7) is 1.99. The van der Waals surface area contributed by atoms with Gasteiger partial charge in [-0.1, -0.05) is 18.2 Å². The van der Waals surface area contributed by atoms with Crippen molar-refractivity contribution in [3.8, 4) is 0 Å². The van der Waals surface area contributed by atoms with Crippen LogP contribution < -0.4 is 5.73 Å². The Labute approximate surface area is 105 Å². The molecule has 2 N–H and O–H groups in total. The maximum atomic E-state index is 13.1. The average molecular weight is 247 g/mol. The minimum atomic E-state index is -0.188. The number of hydrogen-bond acceptors (Lipinski definition) is 2. The Hall–Kier alpha value is -1.48. The Morgan fingerprint density at radius 2 is 1.94 bits per heavy atom. The van der Waals surface area contributed by atoms with Crippen molar-refractivity contribution in [1.82, 2.24) is 0 Å². The van der Waals surface area contributed by atoms with Crippen LogP contribution in [0.4, 0.5) is 10.1 Å². The van der Waals surface area contributed by atoms with Crippen molar-refractivity contribution < 1.29 is 4.39 Å². The van der Waals surface area contributed by atoms with Gasteiger partial charge in [0.25, 0.3) is 0 Å². The van der Waals surface area contributed by atoms with Crippen LogP contribution >= 0.6 is 11.8 Å². The number of anilines is 1. The molecule has 2 aromatic rings. The van der Waals surface area contributed by atoms with Crippen molar-refractivity contribution in [2.75, 3.05) is 5.73 Å². The molecule has 88 valence electrons. The zero-order chi connectivity index (χ0) is 12.3. The molecule has 0 bridgehead atoms. The molecule has 1 nitrogen and oxygen atoms in total. The highest BCUT2D eigenvalue weighted by Gasteiger charge is 2.03. The fraction of sp³-hybridized carbons (Fsp3) is 0.143. The Morgan fingerprint density at radius 1 is 1.18 bits per heavy atom. The van der Waals surface area contributed by atoms with E-state index in [0.29, 0.717) is 0 Å². The van der Waals surface area contributed by atoms with Gasteiger partial charge in [-0.3, -0.25) is 0 Å². The molecule has 2 aromatic carbocycles. The van der Waals surface area contributed by atoms with Crippen LogP contribution in [-0.2, 0) is 5.75 Å². The average Bonchev–Trinajstić information content (AvgIpc) is 2.32. The standard InChI is InChI=1S/C14H14FNS/c1-10-6-7-12(15)8-11(10)9-17-14-5-3-2-4-13(14)16/h2-8H,9,16H2,1H3. The van der Waals surface area contributed by atoms with Crippen LogP contribution in [0.1, 0.15) is 11.1 Å². The number of aryl methyl sites for hydroxylation is 1. The van der Waals surface area contributed by atoms with E-state index in [2.05, 4.69) is 0 Å². The van der Waals surface area contributed by atoms with Gasteiger partial charge in [0.1, 0.15) is 5.82 Å². The molecule has 0 unspecified atom stereocenters. The smallest absolute Gasteiger partial charge is 0.123 e. The lowest BCUT2D eigenvalue weighted by Crippen LogP contribution is -1.91. The van der Waals surface area contributed by atoms with E-state index in [1.807, 2.05) is 31.2 Å². The summed E-state index contributed by atoms with van der Waals surface area (Å²) >= 11 is 1.63. The minimum Gasteiger partial charge on any atom is -0.398 e. The Kier molecular flexibility index (Phi) is 3.69. The van der Waals surface area contributed by atoms with Crippen molar-refractivity contribution in [2.45, 2.75) is 17.6 Å². The molecule has 0 spiro atoms. The third kappa shape index (κ3) is 3.01. The van der Waals surface area contributed by atoms with Crippen LogP contribution in [-0.4, -0.2) is 0 Å². The lowest BCUT2D eigenvalue weighted by atomic mass is 10.1. The van der Waals surface area contributed by atoms with Crippen molar-refractivity contribution in [1.29, 1.82) is 0 Å². The normalized spacial score (nSPS) is 10.5. The third-order valence-electron chi connectivity index (χ3n) is 2.61. The first-order valence-electron chi connectivity index (χ1n) is 5.39. The first-order valence-corrected chi connectivity index (χ1v) is 6.37. The summed E-state index contributed by atoms with van der Waals surface area (Å²) in [4.78, 5) is 1.04. The second-order valence-corrected chi connectivity index (χ2v) is 4.91. The molecule has 0 aromatic heterocycles. The molecule has 0 amide bonds. The molecule has 0 saturated heterocycles. The van der Waals surface area contributed by atoms with Gasteiger partial charge in [0.05, 0.1) is 0 Å². The fourth-order valence-electron chi connectivity index (χ4n) is 1.56. The number of halogens is 1. The van der Waals surface area contributed by atoms with E-state index in [0.717, 1.165) is 27.5 Å². The fourth-order valence-corrected chi connectivity index (χ4v) is 2.59. The second-order valence-electron chi connectivity index (χ2n) is 3.90. The van der Waals surface area contributed by atoms with Gasteiger partial charge < -0.3 is 5.73 Å². The largest absolute Gasteiger partial charge is 0.398 e. The van der Waals surface area contributed by atoms with Crippen LogP contribution in [0.5, 0.6) is 0 Å². The quantitative estimate of drug-likeness (QED) is 0.655. The predicted octanol–water partition coefficient (Wildman–Crippen LogP) is 4.01. The topological polar surface area (TPSA) is 26.0 Å². The maximum absolute atomic E-state index is 13.1. The molecule has 0 aliphatic rings. The third-order valence-corrected chi connectivity index (χ3v) is 3.75. The molecule has 0 heterocycles. The minimum absolute atomic E-state index is 0.188. The summed E-state index contributed by atoms with van der Waals surface area (Å²) in [5, 5.41) is 0. The summed E-state index contributed by atoms with van der Waals surface area (Å²) in [5.41, 5.74) is 8.74. The number of para-hydroxylation sites is 1. The maximum Gasteiger partial charge on any atom is 0.123 e. The molecular formula is C14H14FNS. The summed E-state index contributed by atoms with van der Waals surface area (Å²) in [6, 6.07) is 12.6. The number of nitrogens with two attached hydrogens (primary N) is 1. The predicted molar refractivity (Wildman–Crippen MR) is 71.6 cm³/mol. The van der Waals surface area contributed by atoms with Gasteiger partial charge in [0, 0.05) is 16.3 Å². The summed E-state index contributed by atoms with van der Waals surface area (Å²) in [5.74, 6) is 0.546. The van der Waals surface area contributed by atoms with E-state index in [9.17, 15) is 4.39 Å². The van der Waals surface area contributed by atoms with E-state index in [-0.39, 0.29) is 5.82 Å². The molecule has 2 rings (SSSR count). The van der Waals surface area contributed by atoms with E-state index in [4.69, 9.17) is 5.73 Å². The first kappa shape index (κ1) is 12.0. The van der Waals surface area contributed by atoms with E-state index < -0.39 is 0 Å². The highest BCUT2D eigenvalue weighted by Crippen LogP contribution is 2.28. The lowest BCUT2D eigenvalue weighted by molar-refractivity contribution is 0.626. The van der Waals surface area contributed by atoms with Gasteiger partial charge in [-0.15, -0.1) is 11.8 Å². The van der Waals surface area contributed by atoms with Gasteiger partial charge in [0.2, 0.25) is 0 Å². The van der Waals surface area contributed by atoms with Crippen LogP contribution in [0.15, 0.2) is 47.4 Å². The number of benzene rings is 2. The van der Waals surface area contributed by atoms with Crippen molar-refractivity contribution in [3.63, 3.8) is 0 Å². The number of nitrogen functional groups attached to an aromatic ring is 1. The first-order chi connectivity index (χ1) is 8.16. The highest BCUT2D eigenvalue weighted by atomic mass is 32.2. The van der Waals surface area contributed by atoms with Gasteiger partial charge in [-0.2, -0.15) is 0 Å². The molecule has 0 atom stereocenters. The molecule has 0 aliphatic heterocycles. The van der Waals surface area contributed by atoms with Crippen LogP contribution in [0.3, 0.4) is 0 Å². The van der Waals surface area contributed by atoms with E-state index in [1.165, 1.54) is 6.07 Å². The molecule has 0 fully saturated rings. The second kappa shape index (κ2) is 5.23. The van der Waals surface area contributed by atoms with Crippen LogP contribution in [0, 0.1) is 12.7 Å². The van der Waals surface area contributed by atoms with E-state index >= 15 is 0 Å². The molecule has 17 heavy (non-hydrogen) atoms. The molecule has 0 aliphatic carbocycles. The lowest BCUT2D eigenvalue weighted by Gasteiger charge is -2.07. The Balaban J connectivity index is 2.12. The number of rotatable bonds is 3. The van der Waals surface area contributed by atoms with Gasteiger partial charge in [-0.25, -0.2) is 4.39 Å². The van der Waals surface area contributed by atoms with Gasteiger partial charge in [-0.05, 0) is 42.3 Å². The zero-order valence-corrected chi connectivity index (χ0v) is 10.4. The number of thioether (sulfide) groups is 1. The summed E-state index contributed by atoms with van der Waals surface area (Å²) in [6.07, 6.45) is 0. The van der Waals surface area contributed by atoms with Gasteiger partial charge >= 0.3 is 0 Å². The van der Waals surface area contributed by atoms with Crippen LogP contribution in [0.2, 0.25) is 0 Å². The van der Waals surface area contributed by atoms with Crippen molar-refractivity contribution in [3.05, 3.63) is 59.4 Å². The monoisotopic (exact) mass is 247 g/mol. The van der Waals surface area contributed by atoms with Gasteiger partial charge in [0.15, 0.2) is 0 Å². The van der Waals surface area contributed by atoms with Crippen molar-refractivity contribution in [2.24, 2.45) is 0 Å². The Bertz CT molecular complexity index is 525. The molecule has 0 saturated carbocycles. The van der Waals surface area contributed by atoms with Crippen molar-refractivity contribution >= 4 is 17.4 Å². The van der Waals surface area contributed by atoms with Crippen LogP contribution in [0.25, 0.3) is 0 Å². The number of hydrogen-bond donors (Lipinski definition) is 1. The molecule has 3 heteroatoms. The zero-order valence-electron chi connectivity index (χ0n) is 9.61. The van der Waals surface area contributed by atoms with E-state index in [1.54, 1.807) is 23.9 Å². The summed E-state index contributed by atoms with van der Waals surface area (Å²) < 4.78 is 13.1. The SMILES string of the molecule is Cc1ccc(F)cc1CSc1ccccc1N. The molecular weight excluding hydrogens is 233 g/mol. The molecule has 0 radical (unpaired) electrons.